The molecule has 0 unspecified atom stereocenters. The molecule has 0 atom stereocenters. The molecule has 0 radical (unpaired) electrons. The number of nitrogens with two attached hydrogens (primary N) is 2. The molecular formula is C6H7N2NaO3S. The second-order valence-corrected chi connectivity index (χ2v) is 3.56. The molecule has 0 spiro atoms. The summed E-state index contributed by atoms with van der Waals surface area (Å²) >= 11 is 0. The summed E-state index contributed by atoms with van der Waals surface area (Å²) in [5.74, 6) is 0. The van der Waals surface area contributed by atoms with Crippen LogP contribution in [0.2, 0.25) is 0 Å². The summed E-state index contributed by atoms with van der Waals surface area (Å²) in [6, 6.07) is 3.90. The second kappa shape index (κ2) is 4.30. The molecule has 0 fully saturated rings. The van der Waals surface area contributed by atoms with Gasteiger partial charge >= 0.3 is 29.6 Å². The van der Waals surface area contributed by atoms with Crippen LogP contribution >= 0.6 is 0 Å². The van der Waals surface area contributed by atoms with E-state index in [4.69, 9.17) is 11.5 Å². The summed E-state index contributed by atoms with van der Waals surface area (Å²) < 4.78 is 31.5. The van der Waals surface area contributed by atoms with Crippen LogP contribution in [0.15, 0.2) is 23.1 Å². The zero-order valence-corrected chi connectivity index (χ0v) is 9.84. The predicted molar refractivity (Wildman–Crippen MR) is 43.2 cm³/mol. The van der Waals surface area contributed by atoms with Crippen LogP contribution < -0.4 is 41.0 Å². The van der Waals surface area contributed by atoms with Crippen LogP contribution in [-0.2, 0) is 10.1 Å². The van der Waals surface area contributed by atoms with E-state index >= 15 is 0 Å². The molecule has 1 rings (SSSR count). The van der Waals surface area contributed by atoms with Crippen molar-refractivity contribution in [2.24, 2.45) is 0 Å². The van der Waals surface area contributed by atoms with Gasteiger partial charge in [-0.25, -0.2) is 8.42 Å². The minimum Gasteiger partial charge on any atom is -0.744 e. The summed E-state index contributed by atoms with van der Waals surface area (Å²) in [6.07, 6.45) is 0. The molecular weight excluding hydrogens is 203 g/mol. The normalized spacial score (nSPS) is 10.5. The standard InChI is InChI=1S/C6H8N2O3S.Na/c7-4-2-1-3-5(6(4)8)12(9,10)11;/h1-3H,7-8H2,(H,9,10,11);/q;+1/p-1. The summed E-state index contributed by atoms with van der Waals surface area (Å²) in [7, 11) is -4.51. The molecule has 1 aromatic carbocycles. The van der Waals surface area contributed by atoms with Crippen molar-refractivity contribution < 1.29 is 42.5 Å². The first kappa shape index (κ1) is 12.7. The van der Waals surface area contributed by atoms with Crippen molar-refractivity contribution in [1.82, 2.24) is 0 Å². The summed E-state index contributed by atoms with van der Waals surface area (Å²) in [5, 5.41) is 0. The molecule has 0 aliphatic heterocycles. The van der Waals surface area contributed by atoms with Crippen molar-refractivity contribution in [3.05, 3.63) is 18.2 Å². The van der Waals surface area contributed by atoms with Gasteiger partial charge < -0.3 is 16.0 Å². The fraction of sp³-hybridized carbons (Fsp3) is 0. The molecule has 5 nitrogen and oxygen atoms in total. The zero-order valence-electron chi connectivity index (χ0n) is 7.02. The van der Waals surface area contributed by atoms with Crippen LogP contribution in [0.3, 0.4) is 0 Å². The smallest absolute Gasteiger partial charge is 0.744 e. The van der Waals surface area contributed by atoms with Crippen LogP contribution in [0, 0.1) is 0 Å². The number of benzene rings is 1. The summed E-state index contributed by atoms with van der Waals surface area (Å²) in [5.41, 5.74) is 10.5. The van der Waals surface area contributed by atoms with E-state index < -0.39 is 15.0 Å². The third-order valence-electron chi connectivity index (χ3n) is 1.37. The molecule has 66 valence electrons. The summed E-state index contributed by atoms with van der Waals surface area (Å²) in [4.78, 5) is -0.470. The van der Waals surface area contributed by atoms with Gasteiger partial charge in [-0.3, -0.25) is 0 Å². The third-order valence-corrected chi connectivity index (χ3v) is 2.26. The number of para-hydroxylation sites is 1. The van der Waals surface area contributed by atoms with E-state index in [1.54, 1.807) is 0 Å². The first-order valence-electron chi connectivity index (χ1n) is 3.03. The van der Waals surface area contributed by atoms with Crippen molar-refractivity contribution in [1.29, 1.82) is 0 Å². The predicted octanol–water partition coefficient (Wildman–Crippen LogP) is -3.24. The Kier molecular flexibility index (Phi) is 4.21. The average Bonchev–Trinajstić information content (AvgIpc) is 1.92. The molecule has 0 amide bonds. The molecule has 7 heteroatoms. The first-order valence-corrected chi connectivity index (χ1v) is 4.43. The number of nitrogen functional groups attached to an aromatic ring is 2. The van der Waals surface area contributed by atoms with E-state index in [1.165, 1.54) is 12.1 Å². The Labute approximate surface area is 98.2 Å². The number of rotatable bonds is 1. The minimum absolute atomic E-state index is 0. The largest absolute Gasteiger partial charge is 1.00 e. The maximum atomic E-state index is 10.5. The van der Waals surface area contributed by atoms with Crippen LogP contribution in [0.5, 0.6) is 0 Å². The van der Waals surface area contributed by atoms with E-state index in [2.05, 4.69) is 0 Å². The van der Waals surface area contributed by atoms with Gasteiger partial charge in [-0.2, -0.15) is 0 Å². The molecule has 0 aromatic heterocycles. The van der Waals surface area contributed by atoms with Crippen molar-refractivity contribution in [3.8, 4) is 0 Å². The van der Waals surface area contributed by atoms with E-state index in [1.807, 2.05) is 0 Å². The maximum Gasteiger partial charge on any atom is 1.00 e. The molecule has 4 N–H and O–H groups in total. The molecule has 13 heavy (non-hydrogen) atoms. The fourth-order valence-corrected chi connectivity index (χ4v) is 1.41. The van der Waals surface area contributed by atoms with E-state index in [0.29, 0.717) is 0 Å². The maximum absolute atomic E-state index is 10.5. The van der Waals surface area contributed by atoms with Gasteiger partial charge in [0.1, 0.15) is 10.1 Å². The van der Waals surface area contributed by atoms with Gasteiger partial charge in [-0.05, 0) is 12.1 Å². The van der Waals surface area contributed by atoms with E-state index in [-0.39, 0.29) is 40.9 Å². The topological polar surface area (TPSA) is 109 Å². The molecule has 0 heterocycles. The molecule has 0 bridgehead atoms. The Balaban J connectivity index is 0.00000144. The van der Waals surface area contributed by atoms with E-state index in [0.717, 1.165) is 6.07 Å². The van der Waals surface area contributed by atoms with Crippen LogP contribution in [0.25, 0.3) is 0 Å². The molecule has 0 saturated carbocycles. The van der Waals surface area contributed by atoms with Gasteiger partial charge in [0, 0.05) is 0 Å². The molecule has 0 aliphatic rings. The average molecular weight is 210 g/mol. The Bertz CT molecular complexity index is 404. The number of anilines is 2. The van der Waals surface area contributed by atoms with Crippen LogP contribution in [0.4, 0.5) is 11.4 Å². The molecule has 1 aromatic rings. The SMILES string of the molecule is Nc1cccc(S(=O)(=O)[O-])c1N.[Na+]. The zero-order chi connectivity index (χ0) is 9.35. The number of hydrogen-bond donors (Lipinski definition) is 2. The fourth-order valence-electron chi connectivity index (χ4n) is 0.779. The van der Waals surface area contributed by atoms with E-state index in [9.17, 15) is 13.0 Å². The molecule has 0 saturated heterocycles. The van der Waals surface area contributed by atoms with Crippen LogP contribution in [0.1, 0.15) is 0 Å². The quantitative estimate of drug-likeness (QED) is 0.287. The Morgan fingerprint density at radius 1 is 1.23 bits per heavy atom. The molecule has 0 aliphatic carbocycles. The third kappa shape index (κ3) is 2.85. The first-order chi connectivity index (χ1) is 5.43. The van der Waals surface area contributed by atoms with Crippen molar-refractivity contribution in [3.63, 3.8) is 0 Å². The summed E-state index contributed by atoms with van der Waals surface area (Å²) in [6.45, 7) is 0. The van der Waals surface area contributed by atoms with Gasteiger partial charge in [0.05, 0.1) is 16.3 Å². The van der Waals surface area contributed by atoms with Gasteiger partial charge in [0.25, 0.3) is 0 Å². The minimum atomic E-state index is -4.51. The Morgan fingerprint density at radius 2 is 1.77 bits per heavy atom. The van der Waals surface area contributed by atoms with Gasteiger partial charge in [0.15, 0.2) is 0 Å². The van der Waals surface area contributed by atoms with Crippen molar-refractivity contribution in [2.45, 2.75) is 4.90 Å². The second-order valence-electron chi connectivity index (χ2n) is 2.21. The van der Waals surface area contributed by atoms with Gasteiger partial charge in [0.2, 0.25) is 0 Å². The van der Waals surface area contributed by atoms with Gasteiger partial charge in [-0.1, -0.05) is 6.07 Å². The van der Waals surface area contributed by atoms with Crippen LogP contribution in [-0.4, -0.2) is 13.0 Å². The number of hydrogen-bond acceptors (Lipinski definition) is 5. The van der Waals surface area contributed by atoms with Crippen molar-refractivity contribution in [2.75, 3.05) is 11.5 Å². The van der Waals surface area contributed by atoms with Crippen molar-refractivity contribution >= 4 is 21.5 Å². The Morgan fingerprint density at radius 3 is 2.15 bits per heavy atom. The van der Waals surface area contributed by atoms with Gasteiger partial charge in [-0.15, -0.1) is 0 Å². The Hall–Kier alpha value is -0.270. The monoisotopic (exact) mass is 210 g/mol.